The van der Waals surface area contributed by atoms with Crippen molar-refractivity contribution in [2.75, 3.05) is 7.11 Å². The maximum atomic E-state index is 9.60. The van der Waals surface area contributed by atoms with Crippen molar-refractivity contribution in [1.29, 1.82) is 0 Å². The molecule has 0 aliphatic rings. The average Bonchev–Trinajstić information content (AvgIpc) is 2.22. The highest BCUT2D eigenvalue weighted by Crippen LogP contribution is 2.31. The number of ether oxygens (including phenoxy) is 1. The summed E-state index contributed by atoms with van der Waals surface area (Å²) in [7, 11) is 1.49. The highest BCUT2D eigenvalue weighted by molar-refractivity contribution is 14.1. The Morgan fingerprint density at radius 2 is 2.38 bits per heavy atom. The van der Waals surface area contributed by atoms with Gasteiger partial charge in [0.25, 0.3) is 0 Å². The second kappa shape index (κ2) is 5.85. The Labute approximate surface area is 112 Å². The van der Waals surface area contributed by atoms with Crippen LogP contribution in [0.2, 0.25) is 0 Å². The molecule has 0 aromatic heterocycles. The van der Waals surface area contributed by atoms with Crippen LogP contribution in [0.4, 0.5) is 0 Å². The second-order valence-corrected chi connectivity index (χ2v) is 4.39. The molecule has 1 aromatic carbocycles. The van der Waals surface area contributed by atoms with E-state index in [1.165, 1.54) is 13.3 Å². The number of phenolic OH excluding ortho intramolecular Hbond substituents is 1. The van der Waals surface area contributed by atoms with Crippen LogP contribution in [0.15, 0.2) is 17.2 Å². The molecule has 0 saturated carbocycles. The number of phenols is 1. The van der Waals surface area contributed by atoms with E-state index in [1.807, 2.05) is 22.6 Å². The van der Waals surface area contributed by atoms with Crippen LogP contribution in [0.3, 0.4) is 0 Å². The number of thiocarbonyl (C=S) groups is 1. The van der Waals surface area contributed by atoms with Crippen LogP contribution >= 0.6 is 34.8 Å². The van der Waals surface area contributed by atoms with E-state index in [9.17, 15) is 5.11 Å². The van der Waals surface area contributed by atoms with Crippen molar-refractivity contribution in [1.82, 2.24) is 5.43 Å². The molecule has 1 rings (SSSR count). The fourth-order valence-corrected chi connectivity index (χ4v) is 1.67. The van der Waals surface area contributed by atoms with Crippen molar-refractivity contribution in [3.8, 4) is 11.5 Å². The van der Waals surface area contributed by atoms with E-state index < -0.39 is 0 Å². The molecule has 7 heteroatoms. The molecule has 0 aliphatic heterocycles. The standard InChI is InChI=1S/C9H10IN3O2S/c1-15-7-3-5(2-6(10)8(7)14)4-12-13-9(11)16/h2-4,14H,1H3,(H3,11,13,16)/b12-4+. The summed E-state index contributed by atoms with van der Waals surface area (Å²) < 4.78 is 5.68. The number of hydrazone groups is 1. The number of aromatic hydroxyl groups is 1. The van der Waals surface area contributed by atoms with Crippen LogP contribution in [0, 0.1) is 3.57 Å². The minimum atomic E-state index is 0.0942. The van der Waals surface area contributed by atoms with Gasteiger partial charge in [-0.15, -0.1) is 0 Å². The second-order valence-electron chi connectivity index (χ2n) is 2.79. The Kier molecular flexibility index (Phi) is 4.74. The number of nitrogens with two attached hydrogens (primary N) is 1. The van der Waals surface area contributed by atoms with Gasteiger partial charge in [-0.2, -0.15) is 5.10 Å². The van der Waals surface area contributed by atoms with Gasteiger partial charge in [-0.1, -0.05) is 0 Å². The first-order valence-corrected chi connectivity index (χ1v) is 5.68. The van der Waals surface area contributed by atoms with Crippen molar-refractivity contribution in [2.45, 2.75) is 0 Å². The lowest BCUT2D eigenvalue weighted by Crippen LogP contribution is -2.23. The molecule has 0 atom stereocenters. The first-order valence-electron chi connectivity index (χ1n) is 4.19. The quantitative estimate of drug-likeness (QED) is 0.330. The number of methoxy groups -OCH3 is 1. The Morgan fingerprint density at radius 3 is 2.94 bits per heavy atom. The van der Waals surface area contributed by atoms with Gasteiger partial charge in [-0.3, -0.25) is 5.43 Å². The summed E-state index contributed by atoms with van der Waals surface area (Å²) in [4.78, 5) is 0. The van der Waals surface area contributed by atoms with Crippen LogP contribution < -0.4 is 15.9 Å². The molecule has 4 N–H and O–H groups in total. The number of hydrogen-bond acceptors (Lipinski definition) is 4. The van der Waals surface area contributed by atoms with Crippen LogP contribution in [0.1, 0.15) is 5.56 Å². The highest BCUT2D eigenvalue weighted by Gasteiger charge is 2.07. The summed E-state index contributed by atoms with van der Waals surface area (Å²) in [5, 5.41) is 13.5. The molecule has 0 radical (unpaired) electrons. The van der Waals surface area contributed by atoms with Gasteiger partial charge in [0.15, 0.2) is 16.6 Å². The van der Waals surface area contributed by atoms with Crippen LogP contribution in [0.5, 0.6) is 11.5 Å². The minimum Gasteiger partial charge on any atom is -0.504 e. The van der Waals surface area contributed by atoms with E-state index in [1.54, 1.807) is 12.1 Å². The molecule has 0 saturated heterocycles. The van der Waals surface area contributed by atoms with Crippen LogP contribution in [-0.4, -0.2) is 23.5 Å². The first-order chi connectivity index (χ1) is 7.54. The predicted molar refractivity (Wildman–Crippen MR) is 74.9 cm³/mol. The van der Waals surface area contributed by atoms with E-state index in [2.05, 4.69) is 22.7 Å². The monoisotopic (exact) mass is 351 g/mol. The van der Waals surface area contributed by atoms with Gasteiger partial charge in [0.2, 0.25) is 0 Å². The summed E-state index contributed by atoms with van der Waals surface area (Å²) in [6.45, 7) is 0. The summed E-state index contributed by atoms with van der Waals surface area (Å²) in [6, 6.07) is 3.41. The lowest BCUT2D eigenvalue weighted by Gasteiger charge is -2.06. The summed E-state index contributed by atoms with van der Waals surface area (Å²) in [6.07, 6.45) is 1.53. The number of rotatable bonds is 3. The smallest absolute Gasteiger partial charge is 0.184 e. The van der Waals surface area contributed by atoms with Crippen molar-refractivity contribution in [3.05, 3.63) is 21.3 Å². The SMILES string of the molecule is COc1cc(/C=N/NC(N)=S)cc(I)c1O. The normalized spacial score (nSPS) is 10.4. The zero-order valence-corrected chi connectivity index (χ0v) is 11.4. The third-order valence-corrected chi connectivity index (χ3v) is 2.57. The summed E-state index contributed by atoms with van der Waals surface area (Å²) >= 11 is 6.59. The number of benzene rings is 1. The van der Waals surface area contributed by atoms with Gasteiger partial charge in [0, 0.05) is 0 Å². The van der Waals surface area contributed by atoms with Gasteiger partial charge in [0.1, 0.15) is 0 Å². The van der Waals surface area contributed by atoms with Gasteiger partial charge < -0.3 is 15.6 Å². The maximum absolute atomic E-state index is 9.60. The fraction of sp³-hybridized carbons (Fsp3) is 0.111. The molecule has 86 valence electrons. The third kappa shape index (κ3) is 3.49. The lowest BCUT2D eigenvalue weighted by atomic mass is 10.2. The van der Waals surface area contributed by atoms with E-state index >= 15 is 0 Å². The molecule has 0 bridgehead atoms. The van der Waals surface area contributed by atoms with E-state index in [4.69, 9.17) is 10.5 Å². The van der Waals surface area contributed by atoms with Crippen molar-refractivity contribution in [3.63, 3.8) is 0 Å². The maximum Gasteiger partial charge on any atom is 0.184 e. The first kappa shape index (κ1) is 13.0. The highest BCUT2D eigenvalue weighted by atomic mass is 127. The number of halogens is 1. The van der Waals surface area contributed by atoms with Crippen molar-refractivity contribution < 1.29 is 9.84 Å². The van der Waals surface area contributed by atoms with E-state index in [0.717, 1.165) is 5.56 Å². The minimum absolute atomic E-state index is 0.0942. The molecule has 0 aliphatic carbocycles. The molecule has 0 amide bonds. The Morgan fingerprint density at radius 1 is 1.69 bits per heavy atom. The van der Waals surface area contributed by atoms with Crippen molar-refractivity contribution >= 4 is 46.1 Å². The molecule has 16 heavy (non-hydrogen) atoms. The molecular weight excluding hydrogens is 341 g/mol. The molecule has 0 heterocycles. The molecule has 5 nitrogen and oxygen atoms in total. The third-order valence-electron chi connectivity index (χ3n) is 1.66. The largest absolute Gasteiger partial charge is 0.504 e. The molecule has 0 spiro atoms. The zero-order valence-electron chi connectivity index (χ0n) is 8.40. The van der Waals surface area contributed by atoms with Gasteiger partial charge >= 0.3 is 0 Å². The number of hydrogen-bond donors (Lipinski definition) is 3. The lowest BCUT2D eigenvalue weighted by molar-refractivity contribution is 0.371. The molecule has 1 aromatic rings. The predicted octanol–water partition coefficient (Wildman–Crippen LogP) is 1.17. The Hall–Kier alpha value is -1.09. The summed E-state index contributed by atoms with van der Waals surface area (Å²) in [5.74, 6) is 0.506. The van der Waals surface area contributed by atoms with Gasteiger partial charge in [-0.05, 0) is 52.5 Å². The van der Waals surface area contributed by atoms with Gasteiger partial charge in [-0.25, -0.2) is 0 Å². The van der Waals surface area contributed by atoms with E-state index in [0.29, 0.717) is 9.32 Å². The molecule has 0 fully saturated rings. The van der Waals surface area contributed by atoms with E-state index in [-0.39, 0.29) is 10.9 Å². The zero-order chi connectivity index (χ0) is 12.1. The Balaban J connectivity index is 2.93. The fourth-order valence-electron chi connectivity index (χ4n) is 0.994. The van der Waals surface area contributed by atoms with Gasteiger partial charge in [0.05, 0.1) is 16.9 Å². The summed E-state index contributed by atoms with van der Waals surface area (Å²) in [5.41, 5.74) is 8.41. The van der Waals surface area contributed by atoms with Crippen LogP contribution in [-0.2, 0) is 0 Å². The van der Waals surface area contributed by atoms with Crippen molar-refractivity contribution in [2.24, 2.45) is 10.8 Å². The van der Waals surface area contributed by atoms with Crippen LogP contribution in [0.25, 0.3) is 0 Å². The topological polar surface area (TPSA) is 79.9 Å². The molecular formula is C9H10IN3O2S. The number of nitrogens with one attached hydrogen (secondary N) is 1. The number of nitrogens with zero attached hydrogens (tertiary/aromatic N) is 1. The molecule has 0 unspecified atom stereocenters. The average molecular weight is 351 g/mol. The Bertz CT molecular complexity index is 437.